The maximum absolute atomic E-state index is 5.95. The molecule has 1 aliphatic heterocycles. The first kappa shape index (κ1) is 12.9. The fourth-order valence-corrected chi connectivity index (χ4v) is 2.34. The van der Waals surface area contributed by atoms with Crippen LogP contribution >= 0.6 is 0 Å². The van der Waals surface area contributed by atoms with Crippen LogP contribution in [0, 0.1) is 0 Å². The Labute approximate surface area is 119 Å². The second kappa shape index (κ2) is 5.92. The second-order valence-corrected chi connectivity index (χ2v) is 4.91. The highest BCUT2D eigenvalue weighted by atomic mass is 16.5. The number of para-hydroxylation sites is 2. The summed E-state index contributed by atoms with van der Waals surface area (Å²) in [5.74, 6) is 1.60. The lowest BCUT2D eigenvalue weighted by Gasteiger charge is -2.38. The lowest BCUT2D eigenvalue weighted by Crippen LogP contribution is -2.53. The van der Waals surface area contributed by atoms with Gasteiger partial charge < -0.3 is 9.47 Å². The van der Waals surface area contributed by atoms with Gasteiger partial charge in [0.25, 0.3) is 0 Å². The summed E-state index contributed by atoms with van der Waals surface area (Å²) in [5, 5.41) is 0. The van der Waals surface area contributed by atoms with Crippen LogP contribution in [0.1, 0.15) is 5.69 Å². The molecule has 2 heterocycles. The van der Waals surface area contributed by atoms with Crippen molar-refractivity contribution in [2.45, 2.75) is 12.6 Å². The van der Waals surface area contributed by atoms with Crippen LogP contribution < -0.4 is 9.47 Å². The SMILES string of the molecule is COc1ccccc1OC1CN(Cc2ccccn2)C1. The fourth-order valence-electron chi connectivity index (χ4n) is 2.34. The Hall–Kier alpha value is -2.07. The number of pyridine rings is 1. The fraction of sp³-hybridized carbons (Fsp3) is 0.312. The van der Waals surface area contributed by atoms with Gasteiger partial charge in [-0.05, 0) is 24.3 Å². The standard InChI is InChI=1S/C16H18N2O2/c1-19-15-7-2-3-8-16(15)20-14-11-18(12-14)10-13-6-4-5-9-17-13/h2-9,14H,10-12H2,1H3. The Bertz CT molecular complexity index is 553. The number of nitrogens with zero attached hydrogens (tertiary/aromatic N) is 2. The molecule has 0 amide bonds. The summed E-state index contributed by atoms with van der Waals surface area (Å²) in [6.07, 6.45) is 2.06. The summed E-state index contributed by atoms with van der Waals surface area (Å²) in [6, 6.07) is 13.8. The van der Waals surface area contributed by atoms with Gasteiger partial charge in [-0.3, -0.25) is 9.88 Å². The van der Waals surface area contributed by atoms with Crippen molar-refractivity contribution < 1.29 is 9.47 Å². The number of hydrogen-bond acceptors (Lipinski definition) is 4. The molecule has 1 fully saturated rings. The molecule has 1 saturated heterocycles. The van der Waals surface area contributed by atoms with Gasteiger partial charge in [-0.25, -0.2) is 0 Å². The molecule has 2 aromatic rings. The molecule has 4 heteroatoms. The van der Waals surface area contributed by atoms with Crippen LogP contribution in [-0.4, -0.2) is 36.2 Å². The van der Waals surface area contributed by atoms with Crippen molar-refractivity contribution in [2.24, 2.45) is 0 Å². The van der Waals surface area contributed by atoms with Gasteiger partial charge in [0.2, 0.25) is 0 Å². The van der Waals surface area contributed by atoms with E-state index < -0.39 is 0 Å². The van der Waals surface area contributed by atoms with E-state index in [0.29, 0.717) is 0 Å². The average molecular weight is 270 g/mol. The highest BCUT2D eigenvalue weighted by Gasteiger charge is 2.29. The number of hydrogen-bond donors (Lipinski definition) is 0. The van der Waals surface area contributed by atoms with Crippen molar-refractivity contribution in [1.82, 2.24) is 9.88 Å². The van der Waals surface area contributed by atoms with Crippen molar-refractivity contribution in [3.8, 4) is 11.5 Å². The van der Waals surface area contributed by atoms with Crippen LogP contribution in [0.4, 0.5) is 0 Å². The molecule has 104 valence electrons. The number of aromatic nitrogens is 1. The molecule has 0 unspecified atom stereocenters. The maximum atomic E-state index is 5.95. The molecule has 0 radical (unpaired) electrons. The summed E-state index contributed by atoms with van der Waals surface area (Å²) >= 11 is 0. The van der Waals surface area contributed by atoms with Crippen molar-refractivity contribution >= 4 is 0 Å². The number of benzene rings is 1. The quantitative estimate of drug-likeness (QED) is 0.835. The lowest BCUT2D eigenvalue weighted by atomic mass is 10.1. The third-order valence-electron chi connectivity index (χ3n) is 3.40. The molecular weight excluding hydrogens is 252 g/mol. The minimum atomic E-state index is 0.231. The molecule has 1 aromatic heterocycles. The first-order valence-electron chi connectivity index (χ1n) is 6.77. The Balaban J connectivity index is 1.51. The number of likely N-dealkylation sites (tertiary alicyclic amines) is 1. The molecule has 20 heavy (non-hydrogen) atoms. The number of ether oxygens (including phenoxy) is 2. The Morgan fingerprint density at radius 1 is 1.10 bits per heavy atom. The van der Waals surface area contributed by atoms with Crippen LogP contribution in [0.15, 0.2) is 48.7 Å². The van der Waals surface area contributed by atoms with E-state index in [4.69, 9.17) is 9.47 Å². The zero-order valence-electron chi connectivity index (χ0n) is 11.5. The largest absolute Gasteiger partial charge is 0.493 e. The van der Waals surface area contributed by atoms with Crippen molar-refractivity contribution in [3.63, 3.8) is 0 Å². The van der Waals surface area contributed by atoms with E-state index in [2.05, 4.69) is 16.0 Å². The molecule has 1 aromatic carbocycles. The predicted octanol–water partition coefficient (Wildman–Crippen LogP) is 2.35. The minimum Gasteiger partial charge on any atom is -0.493 e. The van der Waals surface area contributed by atoms with Gasteiger partial charge in [-0.1, -0.05) is 18.2 Å². The molecule has 0 atom stereocenters. The van der Waals surface area contributed by atoms with E-state index in [1.54, 1.807) is 7.11 Å². The lowest BCUT2D eigenvalue weighted by molar-refractivity contribution is 0.0124. The Kier molecular flexibility index (Phi) is 3.83. The predicted molar refractivity (Wildman–Crippen MR) is 76.9 cm³/mol. The monoisotopic (exact) mass is 270 g/mol. The summed E-state index contributed by atoms with van der Waals surface area (Å²) in [5.41, 5.74) is 1.10. The molecule has 0 spiro atoms. The van der Waals surface area contributed by atoms with E-state index in [1.165, 1.54) is 0 Å². The first-order valence-corrected chi connectivity index (χ1v) is 6.77. The maximum Gasteiger partial charge on any atom is 0.161 e. The van der Waals surface area contributed by atoms with Crippen molar-refractivity contribution in [3.05, 3.63) is 54.4 Å². The van der Waals surface area contributed by atoms with E-state index in [1.807, 2.05) is 42.6 Å². The summed E-state index contributed by atoms with van der Waals surface area (Å²) in [4.78, 5) is 6.66. The molecule has 3 rings (SSSR count). The highest BCUT2D eigenvalue weighted by Crippen LogP contribution is 2.28. The van der Waals surface area contributed by atoms with E-state index in [-0.39, 0.29) is 6.10 Å². The van der Waals surface area contributed by atoms with E-state index in [0.717, 1.165) is 36.8 Å². The van der Waals surface area contributed by atoms with Gasteiger partial charge in [-0.2, -0.15) is 0 Å². The summed E-state index contributed by atoms with van der Waals surface area (Å²) in [6.45, 7) is 2.73. The van der Waals surface area contributed by atoms with Crippen molar-refractivity contribution in [1.29, 1.82) is 0 Å². The zero-order chi connectivity index (χ0) is 13.8. The van der Waals surface area contributed by atoms with E-state index in [9.17, 15) is 0 Å². The molecule has 1 aliphatic rings. The number of methoxy groups -OCH3 is 1. The topological polar surface area (TPSA) is 34.6 Å². The molecule has 0 aliphatic carbocycles. The third-order valence-corrected chi connectivity index (χ3v) is 3.40. The Morgan fingerprint density at radius 3 is 2.55 bits per heavy atom. The third kappa shape index (κ3) is 2.91. The first-order chi connectivity index (χ1) is 9.85. The van der Waals surface area contributed by atoms with Gasteiger partial charge in [0.1, 0.15) is 6.10 Å². The van der Waals surface area contributed by atoms with Crippen LogP contribution in [-0.2, 0) is 6.54 Å². The van der Waals surface area contributed by atoms with Crippen LogP contribution in [0.2, 0.25) is 0 Å². The average Bonchev–Trinajstić information content (AvgIpc) is 2.46. The summed E-state index contributed by atoms with van der Waals surface area (Å²) in [7, 11) is 1.66. The van der Waals surface area contributed by atoms with Crippen LogP contribution in [0.5, 0.6) is 11.5 Å². The van der Waals surface area contributed by atoms with Gasteiger partial charge in [0, 0.05) is 25.8 Å². The molecule has 0 saturated carbocycles. The summed E-state index contributed by atoms with van der Waals surface area (Å²) < 4.78 is 11.2. The van der Waals surface area contributed by atoms with Crippen LogP contribution in [0.25, 0.3) is 0 Å². The minimum absolute atomic E-state index is 0.231. The molecular formula is C16H18N2O2. The van der Waals surface area contributed by atoms with Gasteiger partial charge in [0.15, 0.2) is 11.5 Å². The highest BCUT2D eigenvalue weighted by molar-refractivity contribution is 5.39. The molecule has 0 bridgehead atoms. The molecule has 0 N–H and O–H groups in total. The van der Waals surface area contributed by atoms with Crippen LogP contribution in [0.3, 0.4) is 0 Å². The smallest absolute Gasteiger partial charge is 0.161 e. The van der Waals surface area contributed by atoms with Gasteiger partial charge in [-0.15, -0.1) is 0 Å². The zero-order valence-corrected chi connectivity index (χ0v) is 11.5. The molecule has 4 nitrogen and oxygen atoms in total. The Morgan fingerprint density at radius 2 is 1.85 bits per heavy atom. The van der Waals surface area contributed by atoms with Gasteiger partial charge >= 0.3 is 0 Å². The second-order valence-electron chi connectivity index (χ2n) is 4.91. The normalized spacial score (nSPS) is 15.7. The number of rotatable bonds is 5. The van der Waals surface area contributed by atoms with Gasteiger partial charge in [0.05, 0.1) is 12.8 Å². The van der Waals surface area contributed by atoms with E-state index >= 15 is 0 Å². The van der Waals surface area contributed by atoms with Crippen molar-refractivity contribution in [2.75, 3.05) is 20.2 Å².